The molecule has 1 aliphatic heterocycles. The Bertz CT molecular complexity index is 444. The van der Waals surface area contributed by atoms with Gasteiger partial charge in [0.05, 0.1) is 0 Å². The molecule has 1 aromatic carbocycles. The van der Waals surface area contributed by atoms with Crippen molar-refractivity contribution in [3.63, 3.8) is 0 Å². The fourth-order valence-electron chi connectivity index (χ4n) is 2.69. The molecule has 0 bridgehead atoms. The Morgan fingerprint density at radius 3 is 2.42 bits per heavy atom. The van der Waals surface area contributed by atoms with Crippen LogP contribution in [0.15, 0.2) is 24.3 Å². The van der Waals surface area contributed by atoms with Crippen LogP contribution in [0, 0.1) is 0 Å². The molecule has 1 aliphatic rings. The van der Waals surface area contributed by atoms with Crippen molar-refractivity contribution in [2.24, 2.45) is 0 Å². The molecule has 1 amide bonds. The molecule has 0 aliphatic carbocycles. The molecule has 1 fully saturated rings. The molecule has 1 heterocycles. The van der Waals surface area contributed by atoms with Crippen LogP contribution in [-0.4, -0.2) is 46.0 Å². The quantitative estimate of drug-likeness (QED) is 0.884. The molecular weight excluding hydrogens is 240 g/mol. The minimum absolute atomic E-state index is 0.156. The number of phenols is 1. The van der Waals surface area contributed by atoms with Gasteiger partial charge in [0.15, 0.2) is 0 Å². The molecule has 0 unspecified atom stereocenters. The third-order valence-electron chi connectivity index (χ3n) is 3.84. The van der Waals surface area contributed by atoms with Gasteiger partial charge in [0.25, 0.3) is 0 Å². The third kappa shape index (κ3) is 3.26. The highest BCUT2D eigenvalue weighted by Crippen LogP contribution is 2.19. The fourth-order valence-corrected chi connectivity index (χ4v) is 2.69. The number of piperazine rings is 1. The molecule has 1 N–H and O–H groups in total. The molecule has 2 atom stereocenters. The van der Waals surface area contributed by atoms with Gasteiger partial charge in [-0.1, -0.05) is 12.1 Å². The monoisotopic (exact) mass is 262 g/mol. The van der Waals surface area contributed by atoms with E-state index in [1.54, 1.807) is 19.1 Å². The fraction of sp³-hybridized carbons (Fsp3) is 0.533. The van der Waals surface area contributed by atoms with Crippen molar-refractivity contribution >= 4 is 5.91 Å². The second-order valence-corrected chi connectivity index (χ2v) is 5.47. The van der Waals surface area contributed by atoms with Crippen molar-refractivity contribution in [3.05, 3.63) is 29.8 Å². The molecule has 1 aromatic rings. The summed E-state index contributed by atoms with van der Waals surface area (Å²) in [5.74, 6) is 0.454. The lowest BCUT2D eigenvalue weighted by atomic mass is 10.1. The van der Waals surface area contributed by atoms with E-state index in [1.165, 1.54) is 5.56 Å². The maximum atomic E-state index is 11.5. The van der Waals surface area contributed by atoms with Gasteiger partial charge < -0.3 is 10.0 Å². The van der Waals surface area contributed by atoms with Gasteiger partial charge in [0.1, 0.15) is 5.75 Å². The van der Waals surface area contributed by atoms with Crippen molar-refractivity contribution in [1.82, 2.24) is 9.80 Å². The van der Waals surface area contributed by atoms with Crippen LogP contribution in [0.3, 0.4) is 0 Å². The number of hydrogen-bond acceptors (Lipinski definition) is 3. The van der Waals surface area contributed by atoms with Crippen molar-refractivity contribution in [2.45, 2.75) is 39.4 Å². The van der Waals surface area contributed by atoms with E-state index in [-0.39, 0.29) is 11.9 Å². The first-order chi connectivity index (χ1) is 8.97. The molecule has 0 radical (unpaired) electrons. The van der Waals surface area contributed by atoms with E-state index in [4.69, 9.17) is 0 Å². The third-order valence-corrected chi connectivity index (χ3v) is 3.84. The van der Waals surface area contributed by atoms with Gasteiger partial charge in [0, 0.05) is 38.6 Å². The lowest BCUT2D eigenvalue weighted by Crippen LogP contribution is -2.57. The van der Waals surface area contributed by atoms with Crippen molar-refractivity contribution in [1.29, 1.82) is 0 Å². The summed E-state index contributed by atoms with van der Waals surface area (Å²) in [6.45, 7) is 8.42. The lowest BCUT2D eigenvalue weighted by molar-refractivity contribution is -0.134. The Labute approximate surface area is 114 Å². The number of benzene rings is 1. The largest absolute Gasteiger partial charge is 0.508 e. The summed E-state index contributed by atoms with van der Waals surface area (Å²) in [5, 5.41) is 9.29. The van der Waals surface area contributed by atoms with Gasteiger partial charge >= 0.3 is 0 Å². The van der Waals surface area contributed by atoms with E-state index in [0.29, 0.717) is 11.8 Å². The molecule has 0 saturated carbocycles. The van der Waals surface area contributed by atoms with Crippen LogP contribution >= 0.6 is 0 Å². The van der Waals surface area contributed by atoms with Crippen molar-refractivity contribution < 1.29 is 9.90 Å². The van der Waals surface area contributed by atoms with Crippen LogP contribution in [0.25, 0.3) is 0 Å². The molecule has 4 heteroatoms. The number of phenolic OH excluding ortho intramolecular Hbond substituents is 1. The zero-order valence-electron chi connectivity index (χ0n) is 11.8. The summed E-state index contributed by atoms with van der Waals surface area (Å²) >= 11 is 0. The Kier molecular flexibility index (Phi) is 4.10. The lowest BCUT2D eigenvalue weighted by Gasteiger charge is -2.43. The standard InChI is InChI=1S/C15H22N2O2/c1-11-9-17(13(3)18)12(2)8-16(11)10-14-4-6-15(19)7-5-14/h4-7,11-12,19H,8-10H2,1-3H3/t11-,12-/m0/s1. The van der Waals surface area contributed by atoms with Crippen LogP contribution in [0.2, 0.25) is 0 Å². The van der Waals surface area contributed by atoms with Crippen LogP contribution in [0.1, 0.15) is 26.3 Å². The number of carbonyl (C=O) groups is 1. The van der Waals surface area contributed by atoms with Gasteiger partial charge in [-0.2, -0.15) is 0 Å². The average Bonchev–Trinajstić information content (AvgIpc) is 2.35. The number of amides is 1. The summed E-state index contributed by atoms with van der Waals surface area (Å²) in [5.41, 5.74) is 1.19. The van der Waals surface area contributed by atoms with Crippen LogP contribution in [0.4, 0.5) is 0 Å². The van der Waals surface area contributed by atoms with Gasteiger partial charge in [-0.25, -0.2) is 0 Å². The van der Waals surface area contributed by atoms with E-state index in [9.17, 15) is 9.90 Å². The minimum atomic E-state index is 0.156. The number of carbonyl (C=O) groups excluding carboxylic acids is 1. The smallest absolute Gasteiger partial charge is 0.219 e. The Balaban J connectivity index is 2.02. The number of nitrogens with zero attached hydrogens (tertiary/aromatic N) is 2. The van der Waals surface area contributed by atoms with Crippen molar-refractivity contribution in [3.8, 4) is 5.75 Å². The zero-order valence-corrected chi connectivity index (χ0v) is 11.8. The SMILES string of the molecule is CC(=O)N1C[C@H](C)N(Cc2ccc(O)cc2)C[C@@H]1C. The first kappa shape index (κ1) is 13.9. The normalized spacial score (nSPS) is 24.5. The molecule has 0 aromatic heterocycles. The maximum absolute atomic E-state index is 11.5. The van der Waals surface area contributed by atoms with Gasteiger partial charge in [-0.15, -0.1) is 0 Å². The Morgan fingerprint density at radius 1 is 1.21 bits per heavy atom. The van der Waals surface area contributed by atoms with Crippen LogP contribution in [-0.2, 0) is 11.3 Å². The van der Waals surface area contributed by atoms with E-state index in [0.717, 1.165) is 19.6 Å². The summed E-state index contributed by atoms with van der Waals surface area (Å²) in [7, 11) is 0. The summed E-state index contributed by atoms with van der Waals surface area (Å²) in [6.07, 6.45) is 0. The molecule has 104 valence electrons. The molecule has 2 rings (SSSR count). The molecule has 0 spiro atoms. The van der Waals surface area contributed by atoms with Crippen LogP contribution < -0.4 is 0 Å². The number of aromatic hydroxyl groups is 1. The van der Waals surface area contributed by atoms with E-state index in [2.05, 4.69) is 18.7 Å². The highest BCUT2D eigenvalue weighted by molar-refractivity contribution is 5.73. The maximum Gasteiger partial charge on any atom is 0.219 e. The predicted octanol–water partition coefficient (Wildman–Crippen LogP) is 1.83. The second kappa shape index (κ2) is 5.61. The topological polar surface area (TPSA) is 43.8 Å². The Morgan fingerprint density at radius 2 is 1.84 bits per heavy atom. The Hall–Kier alpha value is -1.55. The van der Waals surface area contributed by atoms with Crippen LogP contribution in [0.5, 0.6) is 5.75 Å². The predicted molar refractivity (Wildman–Crippen MR) is 74.8 cm³/mol. The van der Waals surface area contributed by atoms with E-state index >= 15 is 0 Å². The summed E-state index contributed by atoms with van der Waals surface area (Å²) in [6, 6.07) is 7.94. The highest BCUT2D eigenvalue weighted by atomic mass is 16.3. The summed E-state index contributed by atoms with van der Waals surface area (Å²) < 4.78 is 0. The highest BCUT2D eigenvalue weighted by Gasteiger charge is 2.30. The first-order valence-corrected chi connectivity index (χ1v) is 6.76. The van der Waals surface area contributed by atoms with Crippen molar-refractivity contribution in [2.75, 3.05) is 13.1 Å². The molecular formula is C15H22N2O2. The zero-order chi connectivity index (χ0) is 14.0. The average molecular weight is 262 g/mol. The van der Waals surface area contributed by atoms with Gasteiger partial charge in [0.2, 0.25) is 5.91 Å². The second-order valence-electron chi connectivity index (χ2n) is 5.47. The molecule has 19 heavy (non-hydrogen) atoms. The summed E-state index contributed by atoms with van der Waals surface area (Å²) in [4.78, 5) is 15.9. The number of hydrogen-bond donors (Lipinski definition) is 1. The number of rotatable bonds is 2. The minimum Gasteiger partial charge on any atom is -0.508 e. The van der Waals surface area contributed by atoms with E-state index < -0.39 is 0 Å². The van der Waals surface area contributed by atoms with Gasteiger partial charge in [-0.3, -0.25) is 9.69 Å². The molecule has 1 saturated heterocycles. The molecule has 4 nitrogen and oxygen atoms in total. The van der Waals surface area contributed by atoms with Gasteiger partial charge in [-0.05, 0) is 31.5 Å². The van der Waals surface area contributed by atoms with E-state index in [1.807, 2.05) is 17.0 Å². The first-order valence-electron chi connectivity index (χ1n) is 6.76.